The van der Waals surface area contributed by atoms with E-state index in [1.54, 1.807) is 6.07 Å². The second-order valence-corrected chi connectivity index (χ2v) is 10.5. The minimum atomic E-state index is -0.203. The third-order valence-electron chi connectivity index (χ3n) is 8.55. The van der Waals surface area contributed by atoms with Crippen LogP contribution in [0, 0.1) is 11.8 Å². The summed E-state index contributed by atoms with van der Waals surface area (Å²) in [4.78, 5) is 7.18. The molecule has 3 aliphatic rings. The second-order valence-electron chi connectivity index (χ2n) is 10.5. The molecule has 0 spiro atoms. The molecule has 0 aliphatic carbocycles. The molecule has 0 saturated carbocycles. The molecule has 5 atom stereocenters. The Morgan fingerprint density at radius 1 is 0.946 bits per heavy atom. The van der Waals surface area contributed by atoms with Gasteiger partial charge in [-0.05, 0) is 77.7 Å². The number of rotatable bonds is 5. The van der Waals surface area contributed by atoms with Gasteiger partial charge in [0, 0.05) is 29.1 Å². The molecule has 4 nitrogen and oxygen atoms in total. The number of phenolic OH excluding ortho intramolecular Hbond substituents is 1. The maximum absolute atomic E-state index is 10.4. The summed E-state index contributed by atoms with van der Waals surface area (Å²) in [5.74, 6) is 2.29. The molecule has 4 aromatic carbocycles. The van der Waals surface area contributed by atoms with Crippen LogP contribution in [0.3, 0.4) is 0 Å². The maximum atomic E-state index is 10.4. The molecular formula is C33H30N2O2. The summed E-state index contributed by atoms with van der Waals surface area (Å²) < 4.78 is 7.15. The van der Waals surface area contributed by atoms with E-state index in [4.69, 9.17) is 4.74 Å². The highest BCUT2D eigenvalue weighted by Crippen LogP contribution is 2.45. The molecule has 5 aromatic rings. The van der Waals surface area contributed by atoms with E-state index in [0.29, 0.717) is 11.8 Å². The zero-order valence-corrected chi connectivity index (χ0v) is 20.8. The van der Waals surface area contributed by atoms with E-state index in [-0.39, 0.29) is 17.9 Å². The Morgan fingerprint density at radius 3 is 2.57 bits per heavy atom. The summed E-state index contributed by atoms with van der Waals surface area (Å²) in [7, 11) is 0. The van der Waals surface area contributed by atoms with Crippen LogP contribution in [0.5, 0.6) is 11.5 Å². The first-order valence-corrected chi connectivity index (χ1v) is 13.2. The number of hydrogen-bond acceptors (Lipinski definition) is 4. The van der Waals surface area contributed by atoms with Crippen molar-refractivity contribution in [2.45, 2.75) is 25.0 Å². The Morgan fingerprint density at radius 2 is 1.76 bits per heavy atom. The fraction of sp³-hybridized carbons (Fsp3) is 0.242. The lowest BCUT2D eigenvalue weighted by Crippen LogP contribution is -2.55. The minimum Gasteiger partial charge on any atom is -0.508 e. The van der Waals surface area contributed by atoms with Crippen molar-refractivity contribution in [2.24, 2.45) is 11.8 Å². The summed E-state index contributed by atoms with van der Waals surface area (Å²) in [6.45, 7) is 6.21. The highest BCUT2D eigenvalue weighted by molar-refractivity contribution is 6.10. The van der Waals surface area contributed by atoms with E-state index >= 15 is 0 Å². The standard InChI is InChI=1S/C33H30N2O2/c1-2-21-20-35-16-14-22(21)17-31(35)33(28-13-15-34-30-12-11-24(36)19-29(28)30)37-32-18-23-7-3-4-8-25(23)26-9-5-6-10-27(26)32/h2-13,15,18-19,21-22,31,33,36H,1,14,16-17,20H2/t21-,22+,31+,33-/m1/s1. The molecule has 4 heterocycles. The van der Waals surface area contributed by atoms with Crippen LogP contribution in [0.25, 0.3) is 32.4 Å². The van der Waals surface area contributed by atoms with Gasteiger partial charge in [0.1, 0.15) is 17.6 Å². The number of piperidine rings is 3. The number of benzene rings is 4. The molecule has 8 rings (SSSR count). The summed E-state index contributed by atoms with van der Waals surface area (Å²) >= 11 is 0. The molecule has 37 heavy (non-hydrogen) atoms. The van der Waals surface area contributed by atoms with Crippen molar-refractivity contribution in [3.8, 4) is 11.5 Å². The number of nitrogens with zero attached hydrogens (tertiary/aromatic N) is 2. The molecule has 0 radical (unpaired) electrons. The number of ether oxygens (including phenoxy) is 1. The summed E-state index contributed by atoms with van der Waals surface area (Å²) in [6, 6.07) is 26.9. The van der Waals surface area contributed by atoms with Gasteiger partial charge < -0.3 is 9.84 Å². The van der Waals surface area contributed by atoms with Gasteiger partial charge in [0.2, 0.25) is 0 Å². The largest absolute Gasteiger partial charge is 0.508 e. The Kier molecular flexibility index (Phi) is 5.37. The lowest BCUT2D eigenvalue weighted by Gasteiger charge is -2.51. The Labute approximate surface area is 216 Å². The van der Waals surface area contributed by atoms with Gasteiger partial charge in [-0.15, -0.1) is 6.58 Å². The fourth-order valence-corrected chi connectivity index (χ4v) is 6.70. The van der Waals surface area contributed by atoms with Crippen LogP contribution in [-0.4, -0.2) is 34.1 Å². The van der Waals surface area contributed by atoms with Crippen LogP contribution in [0.1, 0.15) is 24.5 Å². The van der Waals surface area contributed by atoms with Gasteiger partial charge >= 0.3 is 0 Å². The number of aromatic hydroxyl groups is 1. The van der Waals surface area contributed by atoms with Gasteiger partial charge in [0.15, 0.2) is 0 Å². The van der Waals surface area contributed by atoms with E-state index in [2.05, 4.69) is 83.2 Å². The smallest absolute Gasteiger partial charge is 0.140 e. The van der Waals surface area contributed by atoms with Crippen LogP contribution in [-0.2, 0) is 0 Å². The van der Waals surface area contributed by atoms with E-state index < -0.39 is 0 Å². The molecule has 1 unspecified atom stereocenters. The number of pyridine rings is 1. The van der Waals surface area contributed by atoms with Gasteiger partial charge in [-0.3, -0.25) is 9.88 Å². The molecule has 2 bridgehead atoms. The second kappa shape index (κ2) is 8.89. The first-order valence-electron chi connectivity index (χ1n) is 13.2. The first kappa shape index (κ1) is 22.3. The molecule has 3 aliphatic heterocycles. The molecule has 184 valence electrons. The van der Waals surface area contributed by atoms with E-state index in [1.165, 1.54) is 22.6 Å². The first-order chi connectivity index (χ1) is 18.2. The van der Waals surface area contributed by atoms with E-state index in [9.17, 15) is 5.11 Å². The normalized spacial score (nSPS) is 23.9. The third-order valence-corrected chi connectivity index (χ3v) is 8.55. The topological polar surface area (TPSA) is 45.6 Å². The molecule has 1 aromatic heterocycles. The van der Waals surface area contributed by atoms with Crippen molar-refractivity contribution < 1.29 is 9.84 Å². The van der Waals surface area contributed by atoms with Crippen molar-refractivity contribution in [3.63, 3.8) is 0 Å². The Balaban J connectivity index is 1.41. The highest BCUT2D eigenvalue weighted by atomic mass is 16.5. The van der Waals surface area contributed by atoms with E-state index in [0.717, 1.165) is 47.1 Å². The van der Waals surface area contributed by atoms with E-state index in [1.807, 2.05) is 18.3 Å². The van der Waals surface area contributed by atoms with Crippen LogP contribution < -0.4 is 4.74 Å². The Bertz CT molecular complexity index is 1640. The summed E-state index contributed by atoms with van der Waals surface area (Å²) in [5, 5.41) is 16.0. The van der Waals surface area contributed by atoms with Crippen LogP contribution in [0.4, 0.5) is 0 Å². The average Bonchev–Trinajstić information content (AvgIpc) is 2.96. The monoisotopic (exact) mass is 486 g/mol. The van der Waals surface area contributed by atoms with Crippen LogP contribution >= 0.6 is 0 Å². The SMILES string of the molecule is C=C[C@@H]1CN2CC[C@H]1C[C@H]2[C@H](Oc1cc2ccccc2c2ccccc12)c1ccnc2ccc(O)cc12. The van der Waals surface area contributed by atoms with Crippen molar-refractivity contribution >= 4 is 32.4 Å². The predicted molar refractivity (Wildman–Crippen MR) is 150 cm³/mol. The van der Waals surface area contributed by atoms with Gasteiger partial charge in [0.25, 0.3) is 0 Å². The predicted octanol–water partition coefficient (Wildman–Crippen LogP) is 7.26. The minimum absolute atomic E-state index is 0.203. The lowest BCUT2D eigenvalue weighted by molar-refractivity contribution is -0.0352. The van der Waals surface area contributed by atoms with Gasteiger partial charge in [-0.2, -0.15) is 0 Å². The third kappa shape index (κ3) is 3.75. The van der Waals surface area contributed by atoms with Crippen LogP contribution in [0.2, 0.25) is 0 Å². The number of phenols is 1. The highest BCUT2D eigenvalue weighted by Gasteiger charge is 2.44. The lowest BCUT2D eigenvalue weighted by atomic mass is 9.73. The summed E-state index contributed by atoms with van der Waals surface area (Å²) in [5.41, 5.74) is 1.94. The van der Waals surface area contributed by atoms with Gasteiger partial charge in [0.05, 0.1) is 11.6 Å². The van der Waals surface area contributed by atoms with Crippen molar-refractivity contribution in [1.29, 1.82) is 0 Å². The number of fused-ring (bicyclic) bond motifs is 7. The molecule has 4 heteroatoms. The Hall–Kier alpha value is -3.89. The number of hydrogen-bond donors (Lipinski definition) is 1. The molecule has 1 N–H and O–H groups in total. The summed E-state index contributed by atoms with van der Waals surface area (Å²) in [6.07, 6.45) is 6.07. The zero-order valence-electron chi connectivity index (χ0n) is 20.8. The van der Waals surface area contributed by atoms with Crippen molar-refractivity contribution in [2.75, 3.05) is 13.1 Å². The molecular weight excluding hydrogens is 456 g/mol. The maximum Gasteiger partial charge on any atom is 0.140 e. The average molecular weight is 487 g/mol. The number of aromatic nitrogens is 1. The zero-order chi connectivity index (χ0) is 24.9. The molecule has 3 saturated heterocycles. The quantitative estimate of drug-likeness (QED) is 0.210. The van der Waals surface area contributed by atoms with Gasteiger partial charge in [-0.1, -0.05) is 54.6 Å². The molecule has 3 fully saturated rings. The van der Waals surface area contributed by atoms with Crippen molar-refractivity contribution in [3.05, 3.63) is 103 Å². The van der Waals surface area contributed by atoms with Crippen molar-refractivity contribution in [1.82, 2.24) is 9.88 Å². The fourth-order valence-electron chi connectivity index (χ4n) is 6.70. The van der Waals surface area contributed by atoms with Gasteiger partial charge in [-0.25, -0.2) is 0 Å². The molecule has 0 amide bonds. The van der Waals surface area contributed by atoms with Crippen LogP contribution in [0.15, 0.2) is 97.7 Å².